The molecule has 1 aliphatic rings. The summed E-state index contributed by atoms with van der Waals surface area (Å²) in [5.41, 5.74) is 3.43. The molecule has 0 saturated heterocycles. The molecule has 2 rings (SSSR count). The van der Waals surface area contributed by atoms with Crippen LogP contribution in [0.15, 0.2) is 28.1 Å². The number of aliphatic hydroxyl groups excluding tert-OH is 1. The normalized spacial score (nSPS) is 19.9. The fraction of sp³-hybridized carbons (Fsp3) is 0.455. The van der Waals surface area contributed by atoms with Crippen LogP contribution in [0, 0.1) is 0 Å². The van der Waals surface area contributed by atoms with Crippen molar-refractivity contribution in [1.82, 2.24) is 14.9 Å². The second-order valence-electron chi connectivity index (χ2n) is 4.10. The monoisotopic (exact) mass is 252 g/mol. The summed E-state index contributed by atoms with van der Waals surface area (Å²) in [4.78, 5) is 6.27. The second kappa shape index (κ2) is 5.39. The van der Waals surface area contributed by atoms with E-state index in [1.54, 1.807) is 16.6 Å². The quantitative estimate of drug-likeness (QED) is 0.852. The third-order valence-corrected chi connectivity index (χ3v) is 3.03. The molecule has 0 saturated carbocycles. The van der Waals surface area contributed by atoms with E-state index in [0.717, 1.165) is 18.0 Å². The van der Waals surface area contributed by atoms with E-state index < -0.39 is 6.23 Å². The van der Waals surface area contributed by atoms with Gasteiger partial charge in [0.25, 0.3) is 0 Å². The number of hydrogen-bond donors (Lipinski definition) is 1. The summed E-state index contributed by atoms with van der Waals surface area (Å²) in [6, 6.07) is 0. The summed E-state index contributed by atoms with van der Waals surface area (Å²) in [6.45, 7) is 1.53. The number of likely N-dealkylation sites (N-methyl/N-ethyl adjacent to an activating group) is 1. The fourth-order valence-corrected chi connectivity index (χ4v) is 2.01. The van der Waals surface area contributed by atoms with Crippen molar-refractivity contribution >= 4 is 17.0 Å². The number of hydrogen-bond acceptors (Lipinski definition) is 6. The first kappa shape index (κ1) is 12.2. The van der Waals surface area contributed by atoms with Crippen molar-refractivity contribution in [2.24, 2.45) is 5.10 Å². The molecule has 0 fully saturated rings. The van der Waals surface area contributed by atoms with Crippen LogP contribution >= 0.6 is 11.3 Å². The van der Waals surface area contributed by atoms with Crippen molar-refractivity contribution in [2.45, 2.75) is 6.23 Å². The molecule has 6 heteroatoms. The van der Waals surface area contributed by atoms with Crippen molar-refractivity contribution in [3.63, 3.8) is 0 Å². The average Bonchev–Trinajstić information content (AvgIpc) is 2.81. The van der Waals surface area contributed by atoms with Gasteiger partial charge in [0.15, 0.2) is 6.23 Å². The first-order chi connectivity index (χ1) is 8.16. The molecule has 0 radical (unpaired) electrons. The van der Waals surface area contributed by atoms with Gasteiger partial charge in [-0.1, -0.05) is 0 Å². The summed E-state index contributed by atoms with van der Waals surface area (Å²) < 4.78 is 0. The summed E-state index contributed by atoms with van der Waals surface area (Å²) in [5.74, 6) is 0. The molecule has 0 amide bonds. The molecule has 17 heavy (non-hydrogen) atoms. The lowest BCUT2D eigenvalue weighted by atomic mass is 10.2. The van der Waals surface area contributed by atoms with Gasteiger partial charge in [-0.05, 0) is 26.2 Å². The predicted molar refractivity (Wildman–Crippen MR) is 69.1 cm³/mol. The molecular weight excluding hydrogens is 236 g/mol. The first-order valence-electron chi connectivity index (χ1n) is 5.41. The van der Waals surface area contributed by atoms with Crippen LogP contribution < -0.4 is 0 Å². The van der Waals surface area contributed by atoms with Crippen LogP contribution in [-0.4, -0.2) is 59.1 Å². The number of thiazole rings is 1. The Labute approximate surface area is 105 Å². The Kier molecular flexibility index (Phi) is 3.88. The van der Waals surface area contributed by atoms with Gasteiger partial charge >= 0.3 is 0 Å². The largest absolute Gasteiger partial charge is 0.369 e. The summed E-state index contributed by atoms with van der Waals surface area (Å²) in [7, 11) is 3.99. The molecule has 1 unspecified atom stereocenters. The maximum absolute atomic E-state index is 9.79. The maximum atomic E-state index is 9.79. The first-order valence-corrected chi connectivity index (χ1v) is 6.36. The lowest BCUT2D eigenvalue weighted by Crippen LogP contribution is -2.37. The van der Waals surface area contributed by atoms with Gasteiger partial charge in [0.05, 0.1) is 12.1 Å². The van der Waals surface area contributed by atoms with Gasteiger partial charge in [-0.3, -0.25) is 5.01 Å². The van der Waals surface area contributed by atoms with Gasteiger partial charge < -0.3 is 10.0 Å². The molecule has 0 spiro atoms. The van der Waals surface area contributed by atoms with E-state index in [4.69, 9.17) is 0 Å². The number of allylic oxidation sites excluding steroid dienone is 1. The molecule has 0 aliphatic carbocycles. The van der Waals surface area contributed by atoms with E-state index in [2.05, 4.69) is 15.0 Å². The number of hydrazone groups is 1. The SMILES string of the molecule is CN(C)CCN1N=C(c2cscn2)C=CC1O. The molecule has 1 aromatic rings. The zero-order valence-electron chi connectivity index (χ0n) is 9.95. The van der Waals surface area contributed by atoms with Crippen LogP contribution in [-0.2, 0) is 0 Å². The van der Waals surface area contributed by atoms with E-state index in [9.17, 15) is 5.11 Å². The summed E-state index contributed by atoms with van der Waals surface area (Å²) in [6.07, 6.45) is 2.90. The van der Waals surface area contributed by atoms with Crippen LogP contribution in [0.25, 0.3) is 0 Å². The third kappa shape index (κ3) is 3.12. The van der Waals surface area contributed by atoms with Crippen molar-refractivity contribution in [3.05, 3.63) is 28.7 Å². The van der Waals surface area contributed by atoms with E-state index in [-0.39, 0.29) is 0 Å². The minimum atomic E-state index is -0.641. The highest BCUT2D eigenvalue weighted by Crippen LogP contribution is 2.12. The third-order valence-electron chi connectivity index (χ3n) is 2.44. The zero-order valence-corrected chi connectivity index (χ0v) is 10.8. The van der Waals surface area contributed by atoms with Crippen molar-refractivity contribution in [3.8, 4) is 0 Å². The lowest BCUT2D eigenvalue weighted by molar-refractivity contribution is 0.0377. The Bertz CT molecular complexity index is 413. The highest BCUT2D eigenvalue weighted by atomic mass is 32.1. The van der Waals surface area contributed by atoms with Crippen molar-refractivity contribution in [1.29, 1.82) is 0 Å². The van der Waals surface area contributed by atoms with Gasteiger partial charge in [-0.25, -0.2) is 4.98 Å². The molecule has 1 aliphatic heterocycles. The molecule has 92 valence electrons. The summed E-state index contributed by atoms with van der Waals surface area (Å²) >= 11 is 1.54. The Hall–Kier alpha value is -1.24. The van der Waals surface area contributed by atoms with E-state index in [1.165, 1.54) is 11.3 Å². The molecular formula is C11H16N4OS. The van der Waals surface area contributed by atoms with Crippen LogP contribution in [0.2, 0.25) is 0 Å². The van der Waals surface area contributed by atoms with Gasteiger partial charge in [-0.2, -0.15) is 5.10 Å². The minimum Gasteiger partial charge on any atom is -0.369 e. The lowest BCUT2D eigenvalue weighted by Gasteiger charge is -2.27. The highest BCUT2D eigenvalue weighted by Gasteiger charge is 2.17. The van der Waals surface area contributed by atoms with Crippen molar-refractivity contribution in [2.75, 3.05) is 27.2 Å². The summed E-state index contributed by atoms with van der Waals surface area (Å²) in [5, 5.41) is 17.8. The van der Waals surface area contributed by atoms with E-state index in [1.807, 2.05) is 25.6 Å². The Morgan fingerprint density at radius 3 is 3.00 bits per heavy atom. The number of nitrogens with zero attached hydrogens (tertiary/aromatic N) is 4. The molecule has 1 N–H and O–H groups in total. The molecule has 1 atom stereocenters. The van der Waals surface area contributed by atoms with Crippen LogP contribution in [0.4, 0.5) is 0 Å². The zero-order chi connectivity index (χ0) is 12.3. The minimum absolute atomic E-state index is 0.641. The topological polar surface area (TPSA) is 52.0 Å². The van der Waals surface area contributed by atoms with Crippen molar-refractivity contribution < 1.29 is 5.11 Å². The fourth-order valence-electron chi connectivity index (χ4n) is 1.47. The maximum Gasteiger partial charge on any atom is 0.162 e. The predicted octanol–water partition coefficient (Wildman–Crippen LogP) is 0.599. The molecule has 1 aromatic heterocycles. The van der Waals surface area contributed by atoms with E-state index in [0.29, 0.717) is 6.54 Å². The standard InChI is InChI=1S/C11H16N4OS/c1-14(2)5-6-15-11(16)4-3-9(13-15)10-7-17-8-12-10/h3-4,7-8,11,16H,5-6H2,1-2H3. The molecule has 5 nitrogen and oxygen atoms in total. The van der Waals surface area contributed by atoms with Gasteiger partial charge in [0.2, 0.25) is 0 Å². The number of rotatable bonds is 4. The van der Waals surface area contributed by atoms with Gasteiger partial charge in [0, 0.05) is 11.9 Å². The highest BCUT2D eigenvalue weighted by molar-refractivity contribution is 7.07. The molecule has 0 bridgehead atoms. The Morgan fingerprint density at radius 2 is 2.35 bits per heavy atom. The average molecular weight is 252 g/mol. The Morgan fingerprint density at radius 1 is 1.53 bits per heavy atom. The Balaban J connectivity index is 2.08. The second-order valence-corrected chi connectivity index (χ2v) is 4.82. The number of aromatic nitrogens is 1. The van der Waals surface area contributed by atoms with Crippen LogP contribution in [0.3, 0.4) is 0 Å². The molecule has 0 aromatic carbocycles. The van der Waals surface area contributed by atoms with E-state index >= 15 is 0 Å². The van der Waals surface area contributed by atoms with Crippen LogP contribution in [0.1, 0.15) is 5.69 Å². The molecule has 2 heterocycles. The number of aliphatic hydroxyl groups is 1. The van der Waals surface area contributed by atoms with Gasteiger partial charge in [-0.15, -0.1) is 11.3 Å². The smallest absolute Gasteiger partial charge is 0.162 e. The van der Waals surface area contributed by atoms with Gasteiger partial charge in [0.1, 0.15) is 11.4 Å². The van der Waals surface area contributed by atoms with Crippen LogP contribution in [0.5, 0.6) is 0 Å².